The summed E-state index contributed by atoms with van der Waals surface area (Å²) in [4.78, 5) is 29.1. The topological polar surface area (TPSA) is 87.4 Å². The summed E-state index contributed by atoms with van der Waals surface area (Å²) in [5.41, 5.74) is 2.87. The molecular formula is C31H32N4O3S2. The highest BCUT2D eigenvalue weighted by atomic mass is 32.2. The number of anilines is 1. The Balaban J connectivity index is 1.79. The zero-order valence-electron chi connectivity index (χ0n) is 23.1. The number of unbranched alkanes of at least 4 members (excludes halogenated alkanes) is 1. The largest absolute Gasteiger partial charge is 0.497 e. The van der Waals surface area contributed by atoms with Gasteiger partial charge in [0.05, 0.1) is 18.1 Å². The van der Waals surface area contributed by atoms with Gasteiger partial charge in [0.1, 0.15) is 27.5 Å². The lowest BCUT2D eigenvalue weighted by Gasteiger charge is -2.23. The number of nitrogens with one attached hydrogen (secondary N) is 1. The molecule has 1 aromatic heterocycles. The molecule has 9 heteroatoms. The van der Waals surface area contributed by atoms with Gasteiger partial charge in [-0.3, -0.25) is 19.1 Å². The molecule has 2 heterocycles. The summed E-state index contributed by atoms with van der Waals surface area (Å²) >= 11 is 6.87. The Hall–Kier alpha value is -3.87. The van der Waals surface area contributed by atoms with Crippen molar-refractivity contribution in [2.75, 3.05) is 12.4 Å². The van der Waals surface area contributed by atoms with Crippen molar-refractivity contribution < 1.29 is 9.53 Å². The third-order valence-corrected chi connectivity index (χ3v) is 8.33. The number of pyridine rings is 1. The SMILES string of the molecule is CCCCn1c(NCc2ccc(OC)cc2)c(/C=C2/SC(=S)N(C(C)c3ccccc3)C2=O)c(C)c(C#N)c1=O. The van der Waals surface area contributed by atoms with Crippen LogP contribution in [0.3, 0.4) is 0 Å². The summed E-state index contributed by atoms with van der Waals surface area (Å²) < 4.78 is 7.36. The second kappa shape index (κ2) is 13.0. The molecule has 1 saturated heterocycles. The maximum atomic E-state index is 13.7. The van der Waals surface area contributed by atoms with Gasteiger partial charge in [-0.2, -0.15) is 5.26 Å². The van der Waals surface area contributed by atoms with Gasteiger partial charge in [-0.05, 0) is 55.2 Å². The Morgan fingerprint density at radius 3 is 2.48 bits per heavy atom. The van der Waals surface area contributed by atoms with Crippen molar-refractivity contribution in [3.8, 4) is 11.8 Å². The van der Waals surface area contributed by atoms with Crippen LogP contribution in [0.25, 0.3) is 6.08 Å². The maximum absolute atomic E-state index is 13.7. The Labute approximate surface area is 244 Å². The van der Waals surface area contributed by atoms with Gasteiger partial charge >= 0.3 is 0 Å². The Morgan fingerprint density at radius 2 is 1.85 bits per heavy atom. The Bertz CT molecular complexity index is 1540. The molecule has 7 nitrogen and oxygen atoms in total. The molecule has 0 saturated carbocycles. The van der Waals surface area contributed by atoms with Crippen molar-refractivity contribution in [2.45, 2.75) is 52.7 Å². The van der Waals surface area contributed by atoms with Crippen LogP contribution in [-0.4, -0.2) is 26.8 Å². The van der Waals surface area contributed by atoms with E-state index in [-0.39, 0.29) is 23.1 Å². The van der Waals surface area contributed by atoms with Crippen LogP contribution in [0.1, 0.15) is 60.5 Å². The summed E-state index contributed by atoms with van der Waals surface area (Å²) in [6.07, 6.45) is 3.41. The van der Waals surface area contributed by atoms with Crippen LogP contribution in [0.2, 0.25) is 0 Å². The molecule has 1 aliphatic heterocycles. The predicted molar refractivity (Wildman–Crippen MR) is 165 cm³/mol. The van der Waals surface area contributed by atoms with E-state index >= 15 is 0 Å². The molecule has 1 atom stereocenters. The number of carbonyl (C=O) groups is 1. The number of aromatic nitrogens is 1. The monoisotopic (exact) mass is 572 g/mol. The van der Waals surface area contributed by atoms with Gasteiger partial charge in [-0.15, -0.1) is 0 Å². The van der Waals surface area contributed by atoms with Gasteiger partial charge in [0.15, 0.2) is 0 Å². The van der Waals surface area contributed by atoms with Crippen molar-refractivity contribution in [1.29, 1.82) is 5.26 Å². The second-order valence-electron chi connectivity index (χ2n) is 9.52. The minimum atomic E-state index is -0.340. The van der Waals surface area contributed by atoms with E-state index in [1.54, 1.807) is 29.6 Å². The van der Waals surface area contributed by atoms with Gasteiger partial charge < -0.3 is 10.1 Å². The predicted octanol–water partition coefficient (Wildman–Crippen LogP) is 6.41. The molecule has 40 heavy (non-hydrogen) atoms. The molecule has 0 bridgehead atoms. The van der Waals surface area contributed by atoms with Gasteiger partial charge in [0.2, 0.25) is 0 Å². The first-order chi connectivity index (χ1) is 19.3. The highest BCUT2D eigenvalue weighted by Gasteiger charge is 2.36. The van der Waals surface area contributed by atoms with Crippen LogP contribution >= 0.6 is 24.0 Å². The highest BCUT2D eigenvalue weighted by molar-refractivity contribution is 8.26. The van der Waals surface area contributed by atoms with E-state index < -0.39 is 0 Å². The van der Waals surface area contributed by atoms with E-state index in [2.05, 4.69) is 18.3 Å². The molecule has 4 rings (SSSR count). The number of hydrogen-bond donors (Lipinski definition) is 1. The lowest BCUT2D eigenvalue weighted by Crippen LogP contribution is -2.31. The normalized spacial score (nSPS) is 14.9. The number of thioether (sulfide) groups is 1. The van der Waals surface area contributed by atoms with E-state index in [1.807, 2.05) is 61.5 Å². The number of hydrogen-bond acceptors (Lipinski definition) is 7. The van der Waals surface area contributed by atoms with Gasteiger partial charge in [0.25, 0.3) is 11.5 Å². The molecule has 0 aliphatic carbocycles. The number of thiocarbonyl (C=S) groups is 1. The number of nitriles is 1. The lowest BCUT2D eigenvalue weighted by molar-refractivity contribution is -0.123. The summed E-state index contributed by atoms with van der Waals surface area (Å²) in [6.45, 7) is 6.64. The molecule has 206 valence electrons. The summed E-state index contributed by atoms with van der Waals surface area (Å²) in [7, 11) is 1.62. The summed E-state index contributed by atoms with van der Waals surface area (Å²) in [6, 6.07) is 19.3. The molecule has 1 unspecified atom stereocenters. The van der Waals surface area contributed by atoms with Gasteiger partial charge in [-0.25, -0.2) is 0 Å². The number of carbonyl (C=O) groups excluding carboxylic acids is 1. The third-order valence-electron chi connectivity index (χ3n) is 7.00. The van der Waals surface area contributed by atoms with Crippen LogP contribution in [0, 0.1) is 18.3 Å². The van der Waals surface area contributed by atoms with E-state index in [4.69, 9.17) is 17.0 Å². The smallest absolute Gasteiger partial charge is 0.270 e. The quantitative estimate of drug-likeness (QED) is 0.222. The van der Waals surface area contributed by atoms with E-state index in [0.29, 0.717) is 39.3 Å². The third kappa shape index (κ3) is 5.98. The van der Waals surface area contributed by atoms with Crippen molar-refractivity contribution >= 4 is 46.1 Å². The zero-order valence-corrected chi connectivity index (χ0v) is 24.7. The van der Waals surface area contributed by atoms with Crippen molar-refractivity contribution in [3.05, 3.63) is 97.7 Å². The highest BCUT2D eigenvalue weighted by Crippen LogP contribution is 2.39. The van der Waals surface area contributed by atoms with Crippen LogP contribution < -0.4 is 15.6 Å². The fourth-order valence-corrected chi connectivity index (χ4v) is 6.04. The Kier molecular flexibility index (Phi) is 9.46. The van der Waals surface area contributed by atoms with Gasteiger partial charge in [0, 0.05) is 18.7 Å². The van der Waals surface area contributed by atoms with Crippen molar-refractivity contribution in [2.24, 2.45) is 0 Å². The minimum absolute atomic E-state index is 0.0745. The Morgan fingerprint density at radius 1 is 1.15 bits per heavy atom. The first kappa shape index (κ1) is 29.1. The lowest BCUT2D eigenvalue weighted by atomic mass is 10.0. The zero-order chi connectivity index (χ0) is 28.8. The average Bonchev–Trinajstić information content (AvgIpc) is 3.25. The minimum Gasteiger partial charge on any atom is -0.497 e. The first-order valence-corrected chi connectivity index (χ1v) is 14.4. The van der Waals surface area contributed by atoms with Crippen molar-refractivity contribution in [1.82, 2.24) is 9.47 Å². The number of rotatable bonds is 10. The maximum Gasteiger partial charge on any atom is 0.270 e. The number of benzene rings is 2. The molecule has 0 spiro atoms. The summed E-state index contributed by atoms with van der Waals surface area (Å²) in [5.74, 6) is 1.13. The van der Waals surface area contributed by atoms with E-state index in [1.165, 1.54) is 11.8 Å². The number of ether oxygens (including phenoxy) is 1. The molecule has 1 fully saturated rings. The van der Waals surface area contributed by atoms with Crippen LogP contribution in [0.15, 0.2) is 64.3 Å². The molecular weight excluding hydrogens is 541 g/mol. The molecule has 1 N–H and O–H groups in total. The molecule has 1 aliphatic rings. The number of nitrogens with zero attached hydrogens (tertiary/aromatic N) is 3. The summed E-state index contributed by atoms with van der Waals surface area (Å²) in [5, 5.41) is 13.3. The molecule has 3 aromatic rings. The second-order valence-corrected chi connectivity index (χ2v) is 11.2. The standard InChI is InChI=1S/C31H32N4O3S2/c1-5-6-16-34-28(33-19-22-12-14-24(38-4)15-13-22)25(20(2)26(18-32)29(34)36)17-27-30(37)35(31(39)40-27)21(3)23-10-8-7-9-11-23/h7-15,17,21,33H,5-6,16,19H2,1-4H3/b27-17+. The fraction of sp³-hybridized carbons (Fsp3) is 0.290. The average molecular weight is 573 g/mol. The number of amides is 1. The first-order valence-electron chi connectivity index (χ1n) is 13.2. The van der Waals surface area contributed by atoms with E-state index in [0.717, 1.165) is 29.7 Å². The van der Waals surface area contributed by atoms with Crippen LogP contribution in [0.4, 0.5) is 5.82 Å². The van der Waals surface area contributed by atoms with Crippen LogP contribution in [-0.2, 0) is 17.9 Å². The molecule has 0 radical (unpaired) electrons. The van der Waals surface area contributed by atoms with Gasteiger partial charge in [-0.1, -0.05) is 79.8 Å². The van der Waals surface area contributed by atoms with E-state index in [9.17, 15) is 14.9 Å². The fourth-order valence-electron chi connectivity index (χ4n) is 4.64. The molecule has 1 amide bonds. The number of methoxy groups -OCH3 is 1. The molecule has 2 aromatic carbocycles. The van der Waals surface area contributed by atoms with Crippen LogP contribution in [0.5, 0.6) is 5.75 Å². The van der Waals surface area contributed by atoms with Crippen molar-refractivity contribution in [3.63, 3.8) is 0 Å².